The van der Waals surface area contributed by atoms with Crippen molar-refractivity contribution in [1.82, 2.24) is 9.55 Å². The van der Waals surface area contributed by atoms with Crippen molar-refractivity contribution in [2.24, 2.45) is 7.05 Å². The molecule has 0 aliphatic carbocycles. The average Bonchev–Trinajstić information content (AvgIpc) is 2.76. The Hall–Kier alpha value is -2.82. The molecule has 2 N–H and O–H groups in total. The SMILES string of the molecule is Cc1cccc(NC(=O)Nc2nc3ccccc3n2C)c1. The highest BCUT2D eigenvalue weighted by Crippen LogP contribution is 2.18. The van der Waals surface area contributed by atoms with Crippen LogP contribution in [0.5, 0.6) is 0 Å². The Bertz CT molecular complexity index is 807. The molecule has 0 aliphatic heterocycles. The quantitative estimate of drug-likeness (QED) is 0.754. The van der Waals surface area contributed by atoms with Crippen LogP contribution in [0.1, 0.15) is 5.56 Å². The summed E-state index contributed by atoms with van der Waals surface area (Å²) in [4.78, 5) is 16.4. The maximum absolute atomic E-state index is 12.0. The van der Waals surface area contributed by atoms with E-state index in [-0.39, 0.29) is 6.03 Å². The summed E-state index contributed by atoms with van der Waals surface area (Å²) >= 11 is 0. The number of rotatable bonds is 2. The first-order valence-corrected chi connectivity index (χ1v) is 6.69. The maximum atomic E-state index is 12.0. The minimum Gasteiger partial charge on any atom is -0.313 e. The zero-order chi connectivity index (χ0) is 14.8. The summed E-state index contributed by atoms with van der Waals surface area (Å²) in [5.74, 6) is 0.515. The summed E-state index contributed by atoms with van der Waals surface area (Å²) < 4.78 is 1.85. The van der Waals surface area contributed by atoms with Gasteiger partial charge in [0.25, 0.3) is 0 Å². The van der Waals surface area contributed by atoms with E-state index in [1.54, 1.807) is 0 Å². The molecule has 0 saturated heterocycles. The van der Waals surface area contributed by atoms with Crippen LogP contribution < -0.4 is 10.6 Å². The number of carbonyl (C=O) groups is 1. The van der Waals surface area contributed by atoms with Crippen LogP contribution in [0.2, 0.25) is 0 Å². The van der Waals surface area contributed by atoms with E-state index in [1.807, 2.05) is 67.1 Å². The van der Waals surface area contributed by atoms with Crippen LogP contribution in [0, 0.1) is 6.92 Å². The third kappa shape index (κ3) is 2.72. The first kappa shape index (κ1) is 13.2. The smallest absolute Gasteiger partial charge is 0.313 e. The zero-order valence-corrected chi connectivity index (χ0v) is 11.9. The number of hydrogen-bond donors (Lipinski definition) is 2. The molecule has 5 nitrogen and oxygen atoms in total. The van der Waals surface area contributed by atoms with Crippen molar-refractivity contribution in [2.45, 2.75) is 6.92 Å². The fraction of sp³-hybridized carbons (Fsp3) is 0.125. The zero-order valence-electron chi connectivity index (χ0n) is 11.9. The molecule has 5 heteroatoms. The van der Waals surface area contributed by atoms with Crippen molar-refractivity contribution >= 4 is 28.7 Å². The van der Waals surface area contributed by atoms with Gasteiger partial charge in [-0.2, -0.15) is 0 Å². The van der Waals surface area contributed by atoms with Gasteiger partial charge in [-0.1, -0.05) is 24.3 Å². The number of para-hydroxylation sites is 2. The van der Waals surface area contributed by atoms with Crippen molar-refractivity contribution < 1.29 is 4.79 Å². The second kappa shape index (κ2) is 5.28. The number of aromatic nitrogens is 2. The van der Waals surface area contributed by atoms with E-state index in [4.69, 9.17) is 0 Å². The van der Waals surface area contributed by atoms with Gasteiger partial charge in [0.15, 0.2) is 0 Å². The third-order valence-electron chi connectivity index (χ3n) is 3.29. The molecule has 0 atom stereocenters. The number of fused-ring (bicyclic) bond motifs is 1. The van der Waals surface area contributed by atoms with Crippen molar-refractivity contribution in [3.63, 3.8) is 0 Å². The van der Waals surface area contributed by atoms with Gasteiger partial charge in [0.05, 0.1) is 11.0 Å². The molecule has 3 rings (SSSR count). The first-order chi connectivity index (χ1) is 10.1. The number of hydrogen-bond acceptors (Lipinski definition) is 2. The maximum Gasteiger partial charge on any atom is 0.326 e. The predicted molar refractivity (Wildman–Crippen MR) is 84.5 cm³/mol. The van der Waals surface area contributed by atoms with Gasteiger partial charge >= 0.3 is 6.03 Å². The summed E-state index contributed by atoms with van der Waals surface area (Å²) in [7, 11) is 1.87. The number of benzene rings is 2. The van der Waals surface area contributed by atoms with Gasteiger partial charge < -0.3 is 9.88 Å². The minimum atomic E-state index is -0.306. The molecule has 0 aliphatic rings. The van der Waals surface area contributed by atoms with Gasteiger partial charge in [0, 0.05) is 12.7 Å². The van der Waals surface area contributed by atoms with Crippen LogP contribution in [-0.4, -0.2) is 15.6 Å². The van der Waals surface area contributed by atoms with Gasteiger partial charge in [-0.05, 0) is 36.8 Å². The highest BCUT2D eigenvalue weighted by molar-refractivity contribution is 5.99. The van der Waals surface area contributed by atoms with E-state index in [1.165, 1.54) is 0 Å². The number of aryl methyl sites for hydroxylation is 2. The Morgan fingerprint density at radius 3 is 2.67 bits per heavy atom. The molecule has 0 bridgehead atoms. The topological polar surface area (TPSA) is 59.0 Å². The number of carbonyl (C=O) groups excluding carboxylic acids is 1. The van der Waals surface area contributed by atoms with Crippen molar-refractivity contribution in [1.29, 1.82) is 0 Å². The third-order valence-corrected chi connectivity index (χ3v) is 3.29. The van der Waals surface area contributed by atoms with E-state index in [0.717, 1.165) is 22.3 Å². The largest absolute Gasteiger partial charge is 0.326 e. The molecular weight excluding hydrogens is 264 g/mol. The Kier molecular flexibility index (Phi) is 3.31. The van der Waals surface area contributed by atoms with Crippen LogP contribution in [0.3, 0.4) is 0 Å². The van der Waals surface area contributed by atoms with E-state index in [9.17, 15) is 4.79 Å². The van der Waals surface area contributed by atoms with Crippen molar-refractivity contribution in [3.05, 3.63) is 54.1 Å². The van der Waals surface area contributed by atoms with Crippen molar-refractivity contribution in [3.8, 4) is 0 Å². The van der Waals surface area contributed by atoms with E-state index in [2.05, 4.69) is 15.6 Å². The standard InChI is InChI=1S/C16H16N4O/c1-11-6-5-7-12(10-11)17-16(21)19-15-18-13-8-3-4-9-14(13)20(15)2/h3-10H,1-2H3,(H2,17,18,19,21). The fourth-order valence-electron chi connectivity index (χ4n) is 2.24. The molecule has 21 heavy (non-hydrogen) atoms. The van der Waals surface area contributed by atoms with Crippen molar-refractivity contribution in [2.75, 3.05) is 10.6 Å². The Labute approximate surface area is 122 Å². The average molecular weight is 280 g/mol. The summed E-state index contributed by atoms with van der Waals surface area (Å²) in [6.07, 6.45) is 0. The number of imidazole rings is 1. The van der Waals surface area contributed by atoms with Gasteiger partial charge in [-0.15, -0.1) is 0 Å². The molecule has 3 aromatic rings. The lowest BCUT2D eigenvalue weighted by molar-refractivity contribution is 0.262. The van der Waals surface area contributed by atoms with Gasteiger partial charge in [0.1, 0.15) is 0 Å². The van der Waals surface area contributed by atoms with Gasteiger partial charge in [-0.3, -0.25) is 5.32 Å². The minimum absolute atomic E-state index is 0.306. The number of urea groups is 1. The fourth-order valence-corrected chi connectivity index (χ4v) is 2.24. The molecule has 2 aromatic carbocycles. The molecule has 0 unspecified atom stereocenters. The first-order valence-electron chi connectivity index (χ1n) is 6.69. The Morgan fingerprint density at radius 1 is 1.10 bits per heavy atom. The molecule has 2 amide bonds. The Balaban J connectivity index is 1.79. The molecule has 0 fully saturated rings. The monoisotopic (exact) mass is 280 g/mol. The lowest BCUT2D eigenvalue weighted by Gasteiger charge is -2.08. The summed E-state index contributed by atoms with van der Waals surface area (Å²) in [6, 6.07) is 15.1. The van der Waals surface area contributed by atoms with Gasteiger partial charge in [0.2, 0.25) is 5.95 Å². The normalized spacial score (nSPS) is 10.6. The number of nitrogens with zero attached hydrogens (tertiary/aromatic N) is 2. The molecular formula is C16H16N4O. The number of amides is 2. The van der Waals surface area contributed by atoms with Crippen LogP contribution in [0.25, 0.3) is 11.0 Å². The van der Waals surface area contributed by atoms with Crippen LogP contribution in [0.4, 0.5) is 16.4 Å². The lowest BCUT2D eigenvalue weighted by atomic mass is 10.2. The van der Waals surface area contributed by atoms with Crippen LogP contribution >= 0.6 is 0 Å². The summed E-state index contributed by atoms with van der Waals surface area (Å²) in [5, 5.41) is 5.57. The van der Waals surface area contributed by atoms with E-state index in [0.29, 0.717) is 5.95 Å². The predicted octanol–water partition coefficient (Wildman–Crippen LogP) is 3.53. The molecule has 0 radical (unpaired) electrons. The molecule has 1 aromatic heterocycles. The number of nitrogens with one attached hydrogen (secondary N) is 2. The second-order valence-electron chi connectivity index (χ2n) is 4.93. The van der Waals surface area contributed by atoms with Gasteiger partial charge in [-0.25, -0.2) is 9.78 Å². The second-order valence-corrected chi connectivity index (χ2v) is 4.93. The van der Waals surface area contributed by atoms with Crippen LogP contribution in [0.15, 0.2) is 48.5 Å². The molecule has 106 valence electrons. The van der Waals surface area contributed by atoms with E-state index >= 15 is 0 Å². The molecule has 0 spiro atoms. The van der Waals surface area contributed by atoms with Crippen LogP contribution in [-0.2, 0) is 7.05 Å². The molecule has 0 saturated carbocycles. The Morgan fingerprint density at radius 2 is 1.90 bits per heavy atom. The lowest BCUT2D eigenvalue weighted by Crippen LogP contribution is -2.21. The number of anilines is 2. The highest BCUT2D eigenvalue weighted by Gasteiger charge is 2.10. The summed E-state index contributed by atoms with van der Waals surface area (Å²) in [5.41, 5.74) is 3.68. The van der Waals surface area contributed by atoms with E-state index < -0.39 is 0 Å². The highest BCUT2D eigenvalue weighted by atomic mass is 16.2. The summed E-state index contributed by atoms with van der Waals surface area (Å²) in [6.45, 7) is 1.98. The molecule has 1 heterocycles.